The normalized spacial score (nSPS) is 16.4. The number of hydrogen-bond donors (Lipinski definition) is 3. The zero-order chi connectivity index (χ0) is 13.5. The highest BCUT2D eigenvalue weighted by Gasteiger charge is 2.32. The smallest absolute Gasteiger partial charge is 0.323 e. The molecule has 1 atom stereocenters. The van der Waals surface area contributed by atoms with Crippen LogP contribution >= 0.6 is 11.3 Å². The first-order valence-electron chi connectivity index (χ1n) is 6.81. The number of rotatable bonds is 4. The zero-order valence-electron chi connectivity index (χ0n) is 10.8. The number of H-pyrrole nitrogens is 2. The van der Waals surface area contributed by atoms with Crippen molar-refractivity contribution in [1.82, 2.24) is 9.97 Å². The summed E-state index contributed by atoms with van der Waals surface area (Å²) in [5.41, 5.74) is 2.59. The first-order valence-corrected chi connectivity index (χ1v) is 7.69. The lowest BCUT2D eigenvalue weighted by molar-refractivity contribution is 0.691. The molecule has 102 valence electrons. The van der Waals surface area contributed by atoms with Crippen molar-refractivity contribution in [3.63, 3.8) is 0 Å². The summed E-state index contributed by atoms with van der Waals surface area (Å²) in [6, 6.07) is 10.6. The zero-order valence-corrected chi connectivity index (χ0v) is 11.7. The van der Waals surface area contributed by atoms with Crippen molar-refractivity contribution in [1.29, 1.82) is 0 Å². The standard InChI is InChI=1S/C15H15N3OS/c19-15-17-11-6-5-10(8-12(11)18-15)16-14(9-3-4-9)13-2-1-7-20-13/h1-2,5-9,14,16H,3-4H2,(H2,17,18,19). The number of thiophene rings is 1. The Balaban J connectivity index is 1.66. The van der Waals surface area contributed by atoms with E-state index >= 15 is 0 Å². The van der Waals surface area contributed by atoms with Gasteiger partial charge < -0.3 is 15.3 Å². The molecule has 1 saturated carbocycles. The Morgan fingerprint density at radius 2 is 2.05 bits per heavy atom. The van der Waals surface area contributed by atoms with E-state index in [1.165, 1.54) is 17.7 Å². The number of aromatic nitrogens is 2. The van der Waals surface area contributed by atoms with Crippen LogP contribution in [0.5, 0.6) is 0 Å². The number of hydrogen-bond acceptors (Lipinski definition) is 3. The second-order valence-electron chi connectivity index (χ2n) is 5.31. The fourth-order valence-electron chi connectivity index (χ4n) is 2.62. The van der Waals surface area contributed by atoms with Crippen LogP contribution in [0, 0.1) is 5.92 Å². The molecule has 4 nitrogen and oxygen atoms in total. The Kier molecular flexibility index (Phi) is 2.67. The largest absolute Gasteiger partial charge is 0.377 e. The van der Waals surface area contributed by atoms with Gasteiger partial charge in [-0.1, -0.05) is 6.07 Å². The molecule has 3 N–H and O–H groups in total. The van der Waals surface area contributed by atoms with Crippen LogP contribution in [0.1, 0.15) is 23.8 Å². The van der Waals surface area contributed by atoms with Gasteiger partial charge >= 0.3 is 5.69 Å². The fourth-order valence-corrected chi connectivity index (χ4v) is 3.49. The molecule has 0 aliphatic heterocycles. The average molecular weight is 285 g/mol. The molecule has 4 rings (SSSR count). The lowest BCUT2D eigenvalue weighted by atomic mass is 10.1. The van der Waals surface area contributed by atoms with E-state index in [2.05, 4.69) is 32.8 Å². The summed E-state index contributed by atoms with van der Waals surface area (Å²) in [5, 5.41) is 5.74. The fraction of sp³-hybridized carbons (Fsp3) is 0.267. The molecule has 0 amide bonds. The van der Waals surface area contributed by atoms with E-state index in [0.717, 1.165) is 22.6 Å². The lowest BCUT2D eigenvalue weighted by Gasteiger charge is -2.18. The van der Waals surface area contributed by atoms with Crippen molar-refractivity contribution in [2.24, 2.45) is 5.92 Å². The van der Waals surface area contributed by atoms with Crippen molar-refractivity contribution in [3.8, 4) is 0 Å². The summed E-state index contributed by atoms with van der Waals surface area (Å²) in [4.78, 5) is 18.2. The second kappa shape index (κ2) is 4.52. The van der Waals surface area contributed by atoms with E-state index in [0.29, 0.717) is 6.04 Å². The number of fused-ring (bicyclic) bond motifs is 1. The molecule has 0 spiro atoms. The quantitative estimate of drug-likeness (QED) is 0.687. The number of anilines is 1. The van der Waals surface area contributed by atoms with Crippen LogP contribution in [0.15, 0.2) is 40.5 Å². The van der Waals surface area contributed by atoms with Crippen LogP contribution in [0.25, 0.3) is 11.0 Å². The minimum absolute atomic E-state index is 0.158. The third-order valence-corrected chi connectivity index (χ3v) is 4.74. The highest BCUT2D eigenvalue weighted by molar-refractivity contribution is 7.10. The number of nitrogens with one attached hydrogen (secondary N) is 3. The Labute approximate surface area is 119 Å². The van der Waals surface area contributed by atoms with Gasteiger partial charge in [-0.3, -0.25) is 0 Å². The highest BCUT2D eigenvalue weighted by Crippen LogP contribution is 2.44. The van der Waals surface area contributed by atoms with E-state index in [9.17, 15) is 4.79 Å². The molecule has 0 radical (unpaired) electrons. The maximum Gasteiger partial charge on any atom is 0.323 e. The Hall–Kier alpha value is -2.01. The van der Waals surface area contributed by atoms with Gasteiger partial charge in [-0.15, -0.1) is 11.3 Å². The maximum atomic E-state index is 11.3. The first-order chi connectivity index (χ1) is 9.79. The second-order valence-corrected chi connectivity index (χ2v) is 6.29. The van der Waals surface area contributed by atoms with Gasteiger partial charge in [0, 0.05) is 10.6 Å². The molecule has 0 bridgehead atoms. The van der Waals surface area contributed by atoms with Crippen molar-refractivity contribution >= 4 is 28.1 Å². The van der Waals surface area contributed by atoms with Crippen LogP contribution < -0.4 is 11.0 Å². The third kappa shape index (κ3) is 2.14. The maximum absolute atomic E-state index is 11.3. The molecular weight excluding hydrogens is 270 g/mol. The van der Waals surface area contributed by atoms with Crippen molar-refractivity contribution < 1.29 is 0 Å². The van der Waals surface area contributed by atoms with Gasteiger partial charge in [-0.25, -0.2) is 4.79 Å². The van der Waals surface area contributed by atoms with Gasteiger partial charge in [0.05, 0.1) is 17.1 Å². The number of benzene rings is 1. The first kappa shape index (κ1) is 11.8. The molecule has 1 unspecified atom stereocenters. The third-order valence-electron chi connectivity index (χ3n) is 3.78. The van der Waals surface area contributed by atoms with Crippen molar-refractivity contribution in [2.75, 3.05) is 5.32 Å². The summed E-state index contributed by atoms with van der Waals surface area (Å²) in [6.07, 6.45) is 2.58. The number of imidazole rings is 1. The van der Waals surface area contributed by atoms with Gasteiger partial charge in [0.15, 0.2) is 0 Å². The van der Waals surface area contributed by atoms with Gasteiger partial charge in [-0.2, -0.15) is 0 Å². The van der Waals surface area contributed by atoms with Crippen LogP contribution in [-0.2, 0) is 0 Å². The average Bonchev–Trinajstić information content (AvgIpc) is 2.98. The van der Waals surface area contributed by atoms with E-state index in [1.54, 1.807) is 11.3 Å². The van der Waals surface area contributed by atoms with Crippen LogP contribution in [0.2, 0.25) is 0 Å². The SMILES string of the molecule is O=c1[nH]c2ccc(NC(c3cccs3)C3CC3)cc2[nH]1. The summed E-state index contributed by atoms with van der Waals surface area (Å²) in [7, 11) is 0. The van der Waals surface area contributed by atoms with Gasteiger partial charge in [0.25, 0.3) is 0 Å². The summed E-state index contributed by atoms with van der Waals surface area (Å²) < 4.78 is 0. The summed E-state index contributed by atoms with van der Waals surface area (Å²) >= 11 is 1.80. The molecule has 5 heteroatoms. The van der Waals surface area contributed by atoms with Crippen molar-refractivity contribution in [2.45, 2.75) is 18.9 Å². The molecule has 0 saturated heterocycles. The van der Waals surface area contributed by atoms with Crippen LogP contribution in [0.3, 0.4) is 0 Å². The molecule has 1 aliphatic carbocycles. The molecule has 1 fully saturated rings. The lowest BCUT2D eigenvalue weighted by Crippen LogP contribution is -2.11. The van der Waals surface area contributed by atoms with Gasteiger partial charge in [0.1, 0.15) is 0 Å². The van der Waals surface area contributed by atoms with E-state index < -0.39 is 0 Å². The molecule has 3 aromatic rings. The van der Waals surface area contributed by atoms with E-state index in [-0.39, 0.29) is 5.69 Å². The molecule has 1 aromatic carbocycles. The Bertz CT molecular complexity index is 783. The minimum Gasteiger partial charge on any atom is -0.377 e. The predicted octanol–water partition coefficient (Wildman–Crippen LogP) is 3.48. The van der Waals surface area contributed by atoms with Crippen LogP contribution in [-0.4, -0.2) is 9.97 Å². The molecule has 2 heterocycles. The Morgan fingerprint density at radius 3 is 2.80 bits per heavy atom. The predicted molar refractivity (Wildman–Crippen MR) is 82.3 cm³/mol. The summed E-state index contributed by atoms with van der Waals surface area (Å²) in [6.45, 7) is 0. The summed E-state index contributed by atoms with van der Waals surface area (Å²) in [5.74, 6) is 0.731. The molecule has 20 heavy (non-hydrogen) atoms. The van der Waals surface area contributed by atoms with E-state index in [1.807, 2.05) is 18.2 Å². The molecular formula is C15H15N3OS. The molecule has 2 aromatic heterocycles. The topological polar surface area (TPSA) is 60.7 Å². The van der Waals surface area contributed by atoms with E-state index in [4.69, 9.17) is 0 Å². The molecule has 1 aliphatic rings. The monoisotopic (exact) mass is 285 g/mol. The minimum atomic E-state index is -0.158. The van der Waals surface area contributed by atoms with Crippen LogP contribution in [0.4, 0.5) is 5.69 Å². The van der Waals surface area contributed by atoms with Gasteiger partial charge in [0.2, 0.25) is 0 Å². The van der Waals surface area contributed by atoms with Crippen molar-refractivity contribution in [3.05, 3.63) is 51.1 Å². The highest BCUT2D eigenvalue weighted by atomic mass is 32.1. The number of aromatic amines is 2. The Morgan fingerprint density at radius 1 is 1.20 bits per heavy atom. The van der Waals surface area contributed by atoms with Gasteiger partial charge in [-0.05, 0) is 48.4 Å².